The molecular formula is C66H99NO6. The Kier molecular flexibility index (Phi) is 32.1. The fourth-order valence-corrected chi connectivity index (χ4v) is 10.3. The highest BCUT2D eigenvalue weighted by Crippen LogP contribution is 2.41. The largest absolute Gasteiger partial charge is 0.449 e. The van der Waals surface area contributed by atoms with E-state index in [1.54, 1.807) is 24.3 Å². The van der Waals surface area contributed by atoms with Gasteiger partial charge in [-0.3, -0.25) is 4.79 Å². The van der Waals surface area contributed by atoms with E-state index in [9.17, 15) is 19.8 Å². The van der Waals surface area contributed by atoms with Crippen LogP contribution < -0.4 is 5.32 Å². The van der Waals surface area contributed by atoms with E-state index in [-0.39, 0.29) is 6.61 Å². The molecule has 0 aliphatic rings. The second-order valence-electron chi connectivity index (χ2n) is 21.5. The number of hydrogen-bond donors (Lipinski definition) is 3. The number of hydrogen-bond acceptors (Lipinski definition) is 6. The van der Waals surface area contributed by atoms with Crippen molar-refractivity contribution >= 4 is 11.9 Å². The quantitative estimate of drug-likeness (QED) is 0.0232. The van der Waals surface area contributed by atoms with Gasteiger partial charge in [0.25, 0.3) is 5.91 Å². The van der Waals surface area contributed by atoms with Gasteiger partial charge in [0.15, 0.2) is 6.10 Å². The number of aliphatic hydroxyl groups is 2. The summed E-state index contributed by atoms with van der Waals surface area (Å²) >= 11 is 0. The number of ether oxygens (including phenoxy) is 2. The maximum atomic E-state index is 14.6. The van der Waals surface area contributed by atoms with Gasteiger partial charge in [-0.2, -0.15) is 0 Å². The van der Waals surface area contributed by atoms with Gasteiger partial charge in [0.1, 0.15) is 11.7 Å². The molecule has 0 radical (unpaired) electrons. The number of nitrogens with one attached hydrogen (secondary N) is 1. The number of amides is 1. The van der Waals surface area contributed by atoms with Gasteiger partial charge in [-0.05, 0) is 54.0 Å². The molecule has 0 saturated heterocycles. The van der Waals surface area contributed by atoms with Gasteiger partial charge in [0.2, 0.25) is 0 Å². The molecule has 0 heterocycles. The Morgan fingerprint density at radius 3 is 1.19 bits per heavy atom. The Morgan fingerprint density at radius 1 is 0.466 bits per heavy atom. The molecule has 4 aromatic rings. The van der Waals surface area contributed by atoms with Crippen LogP contribution in [-0.4, -0.2) is 53.1 Å². The number of unbranched alkanes of at least 4 members (excludes halogenated alkanes) is 25. The summed E-state index contributed by atoms with van der Waals surface area (Å²) in [4.78, 5) is 28.2. The highest BCUT2D eigenvalue weighted by Gasteiger charge is 2.40. The zero-order chi connectivity index (χ0) is 52.0. The summed E-state index contributed by atoms with van der Waals surface area (Å²) in [6.45, 7) is 6.72. The minimum Gasteiger partial charge on any atom is -0.449 e. The first-order valence-electron chi connectivity index (χ1n) is 29.5. The SMILES string of the molecule is CCCCCCCCCCCCCCCCCCCC[C@@H](OC(=O)c1ccccc1)C(=O)N[C@@H](COC(c1ccccc1)(c1ccccc1)c1ccccc1)[C@H](O)[C@H](O)CCCCCCCCCCCC(C)C. The van der Waals surface area contributed by atoms with Crippen LogP contribution in [-0.2, 0) is 19.9 Å². The normalized spacial score (nSPS) is 13.4. The van der Waals surface area contributed by atoms with Crippen molar-refractivity contribution in [2.75, 3.05) is 6.61 Å². The highest BCUT2D eigenvalue weighted by atomic mass is 16.5. The lowest BCUT2D eigenvalue weighted by Crippen LogP contribution is -2.55. The summed E-state index contributed by atoms with van der Waals surface area (Å²) in [5.41, 5.74) is 1.89. The third kappa shape index (κ3) is 24.3. The zero-order valence-corrected chi connectivity index (χ0v) is 45.9. The predicted octanol–water partition coefficient (Wildman–Crippen LogP) is 16.8. The second-order valence-corrected chi connectivity index (χ2v) is 21.5. The summed E-state index contributed by atoms with van der Waals surface area (Å²) in [5, 5.41) is 26.9. The number of aliphatic hydroxyl groups excluding tert-OH is 2. The lowest BCUT2D eigenvalue weighted by Gasteiger charge is -2.38. The Balaban J connectivity index is 1.41. The van der Waals surface area contributed by atoms with Crippen molar-refractivity contribution in [3.8, 4) is 0 Å². The lowest BCUT2D eigenvalue weighted by atomic mass is 9.80. The zero-order valence-electron chi connectivity index (χ0n) is 45.9. The van der Waals surface area contributed by atoms with Crippen molar-refractivity contribution < 1.29 is 29.3 Å². The van der Waals surface area contributed by atoms with E-state index >= 15 is 0 Å². The minimum atomic E-state index is -1.36. The Labute approximate surface area is 444 Å². The summed E-state index contributed by atoms with van der Waals surface area (Å²) in [5.74, 6) is -0.307. The third-order valence-corrected chi connectivity index (χ3v) is 14.8. The smallest absolute Gasteiger partial charge is 0.338 e. The van der Waals surface area contributed by atoms with Crippen LogP contribution in [0.2, 0.25) is 0 Å². The van der Waals surface area contributed by atoms with E-state index in [1.807, 2.05) is 97.1 Å². The van der Waals surface area contributed by atoms with Crippen LogP contribution in [0.5, 0.6) is 0 Å². The Morgan fingerprint density at radius 2 is 0.808 bits per heavy atom. The van der Waals surface area contributed by atoms with E-state index in [4.69, 9.17) is 9.47 Å². The van der Waals surface area contributed by atoms with Crippen molar-refractivity contribution in [3.05, 3.63) is 144 Å². The molecule has 0 bridgehead atoms. The van der Waals surface area contributed by atoms with Gasteiger partial charge in [0.05, 0.1) is 24.3 Å². The predicted molar refractivity (Wildman–Crippen MR) is 304 cm³/mol. The van der Waals surface area contributed by atoms with Crippen LogP contribution in [0.1, 0.15) is 240 Å². The van der Waals surface area contributed by atoms with Gasteiger partial charge in [-0.25, -0.2) is 4.79 Å². The Bertz CT molecular complexity index is 1840. The molecule has 4 aromatic carbocycles. The van der Waals surface area contributed by atoms with Gasteiger partial charge < -0.3 is 25.0 Å². The molecule has 0 aliphatic carbocycles. The van der Waals surface area contributed by atoms with Crippen molar-refractivity contribution in [2.45, 2.75) is 243 Å². The van der Waals surface area contributed by atoms with E-state index in [0.717, 1.165) is 61.1 Å². The minimum absolute atomic E-state index is 0.141. The molecule has 3 N–H and O–H groups in total. The first kappa shape index (κ1) is 61.2. The number of benzene rings is 4. The van der Waals surface area contributed by atoms with E-state index < -0.39 is 41.8 Å². The summed E-state index contributed by atoms with van der Waals surface area (Å²) < 4.78 is 13.2. The van der Waals surface area contributed by atoms with E-state index in [0.29, 0.717) is 24.8 Å². The van der Waals surface area contributed by atoms with E-state index in [2.05, 4.69) is 26.1 Å². The van der Waals surface area contributed by atoms with Crippen LogP contribution >= 0.6 is 0 Å². The van der Waals surface area contributed by atoms with Crippen LogP contribution in [0.25, 0.3) is 0 Å². The molecule has 7 heteroatoms. The molecule has 0 saturated carbocycles. The molecule has 0 aromatic heterocycles. The van der Waals surface area contributed by atoms with Crippen LogP contribution in [0, 0.1) is 5.92 Å². The van der Waals surface area contributed by atoms with Crippen LogP contribution in [0.4, 0.5) is 0 Å². The monoisotopic (exact) mass is 1000 g/mol. The molecule has 4 atom stereocenters. The fourth-order valence-electron chi connectivity index (χ4n) is 10.3. The Hall–Kier alpha value is -4.30. The molecule has 1 amide bonds. The molecule has 0 spiro atoms. The first-order valence-corrected chi connectivity index (χ1v) is 29.5. The maximum Gasteiger partial charge on any atom is 0.338 e. The van der Waals surface area contributed by atoms with Crippen LogP contribution in [0.15, 0.2) is 121 Å². The summed E-state index contributed by atoms with van der Waals surface area (Å²) in [6, 6.07) is 37.8. The number of rotatable bonds is 43. The number of carbonyl (C=O) groups excluding carboxylic acids is 2. The number of carbonyl (C=O) groups is 2. The summed E-state index contributed by atoms with van der Waals surface area (Å²) in [6.07, 6.45) is 31.5. The summed E-state index contributed by atoms with van der Waals surface area (Å²) in [7, 11) is 0. The van der Waals surface area contributed by atoms with Crippen molar-refractivity contribution in [1.29, 1.82) is 0 Å². The standard InChI is InChI=1S/C66H99NO6/c1-4-5-6-7-8-9-10-11-12-13-14-15-16-17-21-24-27-42-53-62(73-65(71)56-44-33-28-34-45-56)64(70)67-60(63(69)61(68)52-41-26-23-20-18-19-22-25-32-43-55(2)3)54-72-66(57-46-35-29-36-47-57,58-48-37-30-38-49-58)59-50-39-31-40-51-59/h28-31,33-40,44-51,55,60-63,68-69H,4-27,32,41-43,52-54H2,1-3H3,(H,67,70)/t60-,61+,62+,63-/m0/s1. The number of esters is 1. The molecule has 73 heavy (non-hydrogen) atoms. The fraction of sp³-hybridized carbons (Fsp3) is 0.606. The van der Waals surface area contributed by atoms with Gasteiger partial charge >= 0.3 is 5.97 Å². The van der Waals surface area contributed by atoms with Gasteiger partial charge in [0, 0.05) is 0 Å². The molecule has 7 nitrogen and oxygen atoms in total. The molecular weight excluding hydrogens is 903 g/mol. The average Bonchev–Trinajstić information content (AvgIpc) is 3.42. The molecule has 4 rings (SSSR count). The van der Waals surface area contributed by atoms with Crippen molar-refractivity contribution in [3.63, 3.8) is 0 Å². The van der Waals surface area contributed by atoms with Gasteiger partial charge in [-0.15, -0.1) is 0 Å². The molecule has 0 aliphatic heterocycles. The maximum absolute atomic E-state index is 14.6. The average molecular weight is 1000 g/mol. The molecule has 0 fully saturated rings. The first-order chi connectivity index (χ1) is 35.8. The topological polar surface area (TPSA) is 105 Å². The van der Waals surface area contributed by atoms with Crippen LogP contribution in [0.3, 0.4) is 0 Å². The van der Waals surface area contributed by atoms with Gasteiger partial charge in [-0.1, -0.05) is 303 Å². The van der Waals surface area contributed by atoms with Crippen molar-refractivity contribution in [1.82, 2.24) is 5.32 Å². The third-order valence-electron chi connectivity index (χ3n) is 14.8. The molecule has 0 unspecified atom stereocenters. The van der Waals surface area contributed by atoms with E-state index in [1.165, 1.54) is 135 Å². The second kappa shape index (κ2) is 38.3. The van der Waals surface area contributed by atoms with Crippen molar-refractivity contribution in [2.24, 2.45) is 5.92 Å². The molecule has 404 valence electrons. The lowest BCUT2D eigenvalue weighted by molar-refractivity contribution is -0.134. The highest BCUT2D eigenvalue weighted by molar-refractivity contribution is 5.92.